The van der Waals surface area contributed by atoms with Gasteiger partial charge in [-0.1, -0.05) is 19.3 Å². The van der Waals surface area contributed by atoms with Crippen molar-refractivity contribution in [2.75, 3.05) is 7.05 Å². The van der Waals surface area contributed by atoms with Crippen LogP contribution < -0.4 is 0 Å². The van der Waals surface area contributed by atoms with Gasteiger partial charge >= 0.3 is 6.18 Å². The van der Waals surface area contributed by atoms with Crippen LogP contribution in [0, 0.1) is 0 Å². The lowest BCUT2D eigenvalue weighted by Gasteiger charge is -2.31. The molecule has 0 spiro atoms. The van der Waals surface area contributed by atoms with Gasteiger partial charge in [0.05, 0.1) is 0 Å². The zero-order valence-electron chi connectivity index (χ0n) is 14.0. The van der Waals surface area contributed by atoms with Crippen molar-refractivity contribution in [2.24, 2.45) is 0 Å². The van der Waals surface area contributed by atoms with E-state index >= 15 is 0 Å². The number of nitrogens with zero attached hydrogens (tertiary/aromatic N) is 3. The molecule has 1 fully saturated rings. The third kappa shape index (κ3) is 3.44. The first-order valence-electron chi connectivity index (χ1n) is 8.79. The Morgan fingerprint density at radius 1 is 1.17 bits per heavy atom. The summed E-state index contributed by atoms with van der Waals surface area (Å²) in [5.74, 6) is -0.147. The van der Waals surface area contributed by atoms with Crippen LogP contribution in [0.2, 0.25) is 0 Å². The van der Waals surface area contributed by atoms with Crippen molar-refractivity contribution in [1.29, 1.82) is 0 Å². The number of halogens is 3. The molecule has 1 aromatic rings. The van der Waals surface area contributed by atoms with E-state index in [1.165, 1.54) is 11.1 Å². The van der Waals surface area contributed by atoms with Gasteiger partial charge in [0.1, 0.15) is 6.54 Å². The Kier molecular flexibility index (Phi) is 4.88. The molecule has 3 rings (SSSR count). The molecule has 1 heterocycles. The van der Waals surface area contributed by atoms with Crippen LogP contribution in [0.3, 0.4) is 0 Å². The van der Waals surface area contributed by atoms with E-state index in [-0.39, 0.29) is 18.5 Å². The Hall–Kier alpha value is -1.53. The third-order valence-electron chi connectivity index (χ3n) is 5.33. The summed E-state index contributed by atoms with van der Waals surface area (Å²) in [5.41, 5.74) is 0.0890. The van der Waals surface area contributed by atoms with Crippen LogP contribution in [0.1, 0.15) is 61.9 Å². The van der Waals surface area contributed by atoms with Crippen molar-refractivity contribution in [3.63, 3.8) is 0 Å². The Bertz CT molecular complexity index is 603. The molecule has 0 saturated heterocycles. The number of amides is 1. The number of carbonyl (C=O) groups is 1. The van der Waals surface area contributed by atoms with Gasteiger partial charge in [0.15, 0.2) is 5.69 Å². The Labute approximate surface area is 140 Å². The Balaban J connectivity index is 1.79. The van der Waals surface area contributed by atoms with Crippen molar-refractivity contribution < 1.29 is 18.0 Å². The summed E-state index contributed by atoms with van der Waals surface area (Å²) in [4.78, 5) is 14.3. The van der Waals surface area contributed by atoms with Crippen LogP contribution in [0.15, 0.2) is 0 Å². The minimum atomic E-state index is -4.45. The number of aromatic nitrogens is 2. The molecule has 0 aromatic carbocycles. The zero-order chi connectivity index (χ0) is 17.3. The number of alkyl halides is 3. The number of hydrogen-bond acceptors (Lipinski definition) is 2. The lowest BCUT2D eigenvalue weighted by molar-refractivity contribution is -0.142. The molecular formula is C17H24F3N3O. The summed E-state index contributed by atoms with van der Waals surface area (Å²) in [6, 6.07) is 0.208. The highest BCUT2D eigenvalue weighted by Crippen LogP contribution is 2.35. The van der Waals surface area contributed by atoms with E-state index in [1.807, 2.05) is 0 Å². The minimum absolute atomic E-state index is 0.0919. The Morgan fingerprint density at radius 3 is 2.50 bits per heavy atom. The first kappa shape index (κ1) is 17.3. The summed E-state index contributed by atoms with van der Waals surface area (Å²) >= 11 is 0. The summed E-state index contributed by atoms with van der Waals surface area (Å²) < 4.78 is 40.9. The molecule has 7 heteroatoms. The maximum absolute atomic E-state index is 13.2. The highest BCUT2D eigenvalue weighted by atomic mass is 19.4. The maximum atomic E-state index is 13.2. The van der Waals surface area contributed by atoms with E-state index in [4.69, 9.17) is 0 Å². The van der Waals surface area contributed by atoms with Gasteiger partial charge in [-0.05, 0) is 38.5 Å². The largest absolute Gasteiger partial charge is 0.435 e. The second-order valence-electron chi connectivity index (χ2n) is 6.93. The van der Waals surface area contributed by atoms with Gasteiger partial charge in [0.25, 0.3) is 0 Å². The molecule has 0 aliphatic heterocycles. The van der Waals surface area contributed by atoms with Gasteiger partial charge in [0.2, 0.25) is 5.91 Å². The average Bonchev–Trinajstić information content (AvgIpc) is 2.94. The molecule has 0 bridgehead atoms. The third-order valence-corrected chi connectivity index (χ3v) is 5.33. The molecule has 4 nitrogen and oxygen atoms in total. The highest BCUT2D eigenvalue weighted by Gasteiger charge is 2.39. The van der Waals surface area contributed by atoms with E-state index in [0.29, 0.717) is 24.1 Å². The van der Waals surface area contributed by atoms with E-state index in [9.17, 15) is 18.0 Å². The van der Waals surface area contributed by atoms with Gasteiger partial charge in [-0.15, -0.1) is 0 Å². The molecule has 0 radical (unpaired) electrons. The van der Waals surface area contributed by atoms with Gasteiger partial charge in [0, 0.05) is 24.3 Å². The molecule has 2 aliphatic carbocycles. The van der Waals surface area contributed by atoms with Crippen molar-refractivity contribution in [3.8, 4) is 0 Å². The summed E-state index contributed by atoms with van der Waals surface area (Å²) in [6.45, 7) is -0.0919. The Morgan fingerprint density at radius 2 is 1.83 bits per heavy atom. The smallest absolute Gasteiger partial charge is 0.341 e. The van der Waals surface area contributed by atoms with Gasteiger partial charge < -0.3 is 4.90 Å². The molecular weight excluding hydrogens is 319 g/mol. The number of rotatable bonds is 3. The second kappa shape index (κ2) is 6.76. The summed E-state index contributed by atoms with van der Waals surface area (Å²) in [5, 5.41) is 3.77. The van der Waals surface area contributed by atoms with Crippen molar-refractivity contribution in [3.05, 3.63) is 17.0 Å². The van der Waals surface area contributed by atoms with Crippen LogP contribution in [0.4, 0.5) is 13.2 Å². The fourth-order valence-corrected chi connectivity index (χ4v) is 3.94. The number of likely N-dealkylation sites (N-methyl/N-ethyl adjacent to an activating group) is 1. The molecule has 2 aliphatic rings. The van der Waals surface area contributed by atoms with E-state index < -0.39 is 11.9 Å². The normalized spacial score (nSPS) is 19.2. The van der Waals surface area contributed by atoms with E-state index in [0.717, 1.165) is 38.5 Å². The standard InChI is InChI=1S/C17H24F3N3O/c1-22(12-7-3-2-4-8-12)15(24)11-23-14-10-6-5-9-13(14)16(21-23)17(18,19)20/h12H,2-11H2,1H3. The van der Waals surface area contributed by atoms with Crippen LogP contribution in [0.5, 0.6) is 0 Å². The molecule has 1 saturated carbocycles. The van der Waals surface area contributed by atoms with E-state index in [1.54, 1.807) is 11.9 Å². The topological polar surface area (TPSA) is 38.1 Å². The molecule has 24 heavy (non-hydrogen) atoms. The molecule has 0 N–H and O–H groups in total. The molecule has 0 atom stereocenters. The first-order chi connectivity index (χ1) is 11.4. The van der Waals surface area contributed by atoms with Crippen LogP contribution >= 0.6 is 0 Å². The monoisotopic (exact) mass is 343 g/mol. The second-order valence-corrected chi connectivity index (χ2v) is 6.93. The van der Waals surface area contributed by atoms with Crippen molar-refractivity contribution in [2.45, 2.75) is 76.6 Å². The maximum Gasteiger partial charge on any atom is 0.435 e. The fourth-order valence-electron chi connectivity index (χ4n) is 3.94. The first-order valence-corrected chi connectivity index (χ1v) is 8.79. The predicted octanol–water partition coefficient (Wildman–Crippen LogP) is 3.57. The fraction of sp³-hybridized carbons (Fsp3) is 0.765. The molecule has 134 valence electrons. The van der Waals surface area contributed by atoms with E-state index in [2.05, 4.69) is 5.10 Å². The number of fused-ring (bicyclic) bond motifs is 1. The minimum Gasteiger partial charge on any atom is -0.341 e. The quantitative estimate of drug-likeness (QED) is 0.841. The molecule has 0 unspecified atom stereocenters. The highest BCUT2D eigenvalue weighted by molar-refractivity contribution is 5.76. The number of hydrogen-bond donors (Lipinski definition) is 0. The van der Waals surface area contributed by atoms with Crippen LogP contribution in [0.25, 0.3) is 0 Å². The zero-order valence-corrected chi connectivity index (χ0v) is 14.0. The molecule has 1 amide bonds. The van der Waals surface area contributed by atoms with Crippen LogP contribution in [-0.2, 0) is 30.4 Å². The lowest BCUT2D eigenvalue weighted by Crippen LogP contribution is -2.40. The van der Waals surface area contributed by atoms with Crippen molar-refractivity contribution >= 4 is 5.91 Å². The van der Waals surface area contributed by atoms with Crippen molar-refractivity contribution in [1.82, 2.24) is 14.7 Å². The SMILES string of the molecule is CN(C(=O)Cn1nc(C(F)(F)F)c2c1CCCC2)C1CCCCC1. The van der Waals surface area contributed by atoms with Gasteiger partial charge in [-0.3, -0.25) is 9.48 Å². The lowest BCUT2D eigenvalue weighted by atomic mass is 9.94. The summed E-state index contributed by atoms with van der Waals surface area (Å²) in [7, 11) is 1.76. The summed E-state index contributed by atoms with van der Waals surface area (Å²) in [6.07, 6.45) is 3.48. The van der Waals surface area contributed by atoms with Gasteiger partial charge in [-0.25, -0.2) is 0 Å². The van der Waals surface area contributed by atoms with Gasteiger partial charge in [-0.2, -0.15) is 18.3 Å². The number of carbonyl (C=O) groups excluding carboxylic acids is 1. The van der Waals surface area contributed by atoms with Crippen LogP contribution in [-0.4, -0.2) is 33.7 Å². The average molecular weight is 343 g/mol. The molecule has 1 aromatic heterocycles. The predicted molar refractivity (Wildman–Crippen MR) is 83.5 cm³/mol.